The van der Waals surface area contributed by atoms with Gasteiger partial charge in [0.1, 0.15) is 12.0 Å². The number of rotatable bonds is 2. The van der Waals surface area contributed by atoms with Gasteiger partial charge in [-0.05, 0) is 31.2 Å². The Kier molecular flexibility index (Phi) is 4.29. The van der Waals surface area contributed by atoms with Crippen LogP contribution < -0.4 is 4.90 Å². The molecule has 0 saturated carbocycles. The summed E-state index contributed by atoms with van der Waals surface area (Å²) in [5.74, 6) is 0.0981. The van der Waals surface area contributed by atoms with Crippen molar-refractivity contribution in [2.45, 2.75) is 25.4 Å². The van der Waals surface area contributed by atoms with Crippen molar-refractivity contribution in [1.29, 1.82) is 0 Å². The van der Waals surface area contributed by atoms with Crippen LogP contribution in [0.2, 0.25) is 0 Å². The molecule has 1 aromatic heterocycles. The van der Waals surface area contributed by atoms with Crippen molar-refractivity contribution in [3.63, 3.8) is 0 Å². The predicted molar refractivity (Wildman–Crippen MR) is 82.6 cm³/mol. The molecule has 0 bridgehead atoms. The molecule has 1 aliphatic heterocycles. The molecule has 1 unspecified atom stereocenters. The van der Waals surface area contributed by atoms with Crippen LogP contribution in [-0.4, -0.2) is 15.8 Å². The third-order valence-electron chi connectivity index (χ3n) is 3.80. The molecule has 1 atom stereocenters. The Morgan fingerprint density at radius 3 is 2.15 bits per heavy atom. The number of alkyl halides is 6. The van der Waals surface area contributed by atoms with E-state index in [9.17, 15) is 26.3 Å². The van der Waals surface area contributed by atoms with Gasteiger partial charge in [0.2, 0.25) is 0 Å². The molecule has 2 aromatic rings. The second-order valence-electron chi connectivity index (χ2n) is 5.54. The van der Waals surface area contributed by atoms with Gasteiger partial charge in [-0.2, -0.15) is 26.3 Å². The van der Waals surface area contributed by atoms with Crippen molar-refractivity contribution in [1.82, 2.24) is 9.55 Å². The Balaban J connectivity index is 1.96. The van der Waals surface area contributed by atoms with E-state index in [0.29, 0.717) is 5.69 Å². The van der Waals surface area contributed by atoms with Gasteiger partial charge in [0.25, 0.3) is 0 Å². The average Bonchev–Trinajstić information content (AvgIpc) is 2.96. The lowest BCUT2D eigenvalue weighted by molar-refractivity contribution is -0.141. The smallest absolute Gasteiger partial charge is 0.320 e. The van der Waals surface area contributed by atoms with E-state index in [2.05, 4.69) is 9.98 Å². The topological polar surface area (TPSA) is 33.4 Å². The number of imidazole rings is 1. The molecule has 0 radical (unpaired) electrons. The highest BCUT2D eigenvalue weighted by atomic mass is 19.4. The van der Waals surface area contributed by atoms with Gasteiger partial charge in [0.05, 0.1) is 5.56 Å². The fourth-order valence-corrected chi connectivity index (χ4v) is 2.55. The average molecular weight is 374 g/mol. The first-order chi connectivity index (χ1) is 12.1. The summed E-state index contributed by atoms with van der Waals surface area (Å²) in [6, 6.07) is 4.31. The van der Waals surface area contributed by atoms with Crippen LogP contribution in [0.1, 0.15) is 23.2 Å². The quantitative estimate of drug-likeness (QED) is 0.709. The Hall–Kier alpha value is -2.78. The van der Waals surface area contributed by atoms with E-state index in [4.69, 9.17) is 0 Å². The SMILES string of the molecule is Cc1nc(C(F)(F)F)cn1C1C=NC=CN1c1ccc(C(F)(F)F)cc1. The maximum absolute atomic E-state index is 12.9. The first kappa shape index (κ1) is 18.0. The molecule has 0 amide bonds. The Bertz CT molecular complexity index is 845. The number of aliphatic imine (C=N–C) groups is 1. The minimum Gasteiger partial charge on any atom is -0.320 e. The van der Waals surface area contributed by atoms with E-state index in [1.807, 2.05) is 0 Å². The van der Waals surface area contributed by atoms with E-state index in [0.717, 1.165) is 18.3 Å². The summed E-state index contributed by atoms with van der Waals surface area (Å²) in [5.41, 5.74) is -1.50. The van der Waals surface area contributed by atoms with Crippen molar-refractivity contribution in [2.75, 3.05) is 4.90 Å². The zero-order valence-corrected chi connectivity index (χ0v) is 13.3. The van der Waals surface area contributed by atoms with Gasteiger partial charge >= 0.3 is 12.4 Å². The maximum atomic E-state index is 12.9. The number of nitrogens with zero attached hydrogens (tertiary/aromatic N) is 4. The molecule has 4 nitrogen and oxygen atoms in total. The molecule has 1 aromatic carbocycles. The van der Waals surface area contributed by atoms with E-state index in [1.165, 1.54) is 47.1 Å². The molecule has 0 spiro atoms. The first-order valence-electron chi connectivity index (χ1n) is 7.35. The third kappa shape index (κ3) is 3.44. The Labute approximate surface area is 144 Å². The first-order valence-corrected chi connectivity index (χ1v) is 7.35. The summed E-state index contributed by atoms with van der Waals surface area (Å²) in [5, 5.41) is 0. The van der Waals surface area contributed by atoms with Crippen LogP contribution in [-0.2, 0) is 12.4 Å². The van der Waals surface area contributed by atoms with E-state index in [1.54, 1.807) is 0 Å². The molecule has 0 aliphatic carbocycles. The lowest BCUT2D eigenvalue weighted by Crippen LogP contribution is -2.31. The Morgan fingerprint density at radius 2 is 1.62 bits per heavy atom. The summed E-state index contributed by atoms with van der Waals surface area (Å²) >= 11 is 0. The molecular formula is C16H12F6N4. The minimum absolute atomic E-state index is 0.0981. The van der Waals surface area contributed by atoms with Crippen molar-refractivity contribution in [3.8, 4) is 0 Å². The van der Waals surface area contributed by atoms with Gasteiger partial charge in [0, 0.05) is 30.5 Å². The second-order valence-corrected chi connectivity index (χ2v) is 5.54. The monoisotopic (exact) mass is 374 g/mol. The normalized spacial score (nSPS) is 17.8. The molecule has 2 heterocycles. The maximum Gasteiger partial charge on any atom is 0.434 e. The minimum atomic E-state index is -4.60. The molecule has 10 heteroatoms. The molecule has 0 fully saturated rings. The van der Waals surface area contributed by atoms with Crippen molar-refractivity contribution < 1.29 is 26.3 Å². The summed E-state index contributed by atoms with van der Waals surface area (Å²) in [7, 11) is 0. The van der Waals surface area contributed by atoms with E-state index < -0.39 is 29.8 Å². The van der Waals surface area contributed by atoms with Gasteiger partial charge in [-0.25, -0.2) is 4.98 Å². The number of hydrogen-bond donors (Lipinski definition) is 0. The van der Waals surface area contributed by atoms with Gasteiger partial charge < -0.3 is 9.47 Å². The number of hydrogen-bond acceptors (Lipinski definition) is 3. The summed E-state index contributed by atoms with van der Waals surface area (Å²) in [6.45, 7) is 1.41. The number of aromatic nitrogens is 2. The van der Waals surface area contributed by atoms with Gasteiger partial charge in [-0.15, -0.1) is 0 Å². The zero-order chi connectivity index (χ0) is 19.1. The highest BCUT2D eigenvalue weighted by Crippen LogP contribution is 2.34. The Morgan fingerprint density at radius 1 is 0.962 bits per heavy atom. The number of benzene rings is 1. The number of halogens is 6. The fourth-order valence-electron chi connectivity index (χ4n) is 2.55. The van der Waals surface area contributed by atoms with E-state index >= 15 is 0 Å². The zero-order valence-electron chi connectivity index (χ0n) is 13.3. The third-order valence-corrected chi connectivity index (χ3v) is 3.80. The van der Waals surface area contributed by atoms with Crippen LogP contribution in [0.3, 0.4) is 0 Å². The summed E-state index contributed by atoms with van der Waals surface area (Å²) in [4.78, 5) is 8.93. The van der Waals surface area contributed by atoms with Crippen LogP contribution in [0, 0.1) is 6.92 Å². The summed E-state index contributed by atoms with van der Waals surface area (Å²) < 4.78 is 78.0. The van der Waals surface area contributed by atoms with Crippen LogP contribution in [0.25, 0.3) is 0 Å². The largest absolute Gasteiger partial charge is 0.434 e. The standard InChI is InChI=1S/C16H12F6N4/c1-10-24-13(16(20,21)22)9-26(10)14-8-23-6-7-25(14)12-4-2-11(3-5-12)15(17,18)19/h2-9,14H,1H3. The second kappa shape index (κ2) is 6.19. The predicted octanol–water partition coefficient (Wildman–Crippen LogP) is 4.79. The molecule has 26 heavy (non-hydrogen) atoms. The number of anilines is 1. The molecule has 138 valence electrons. The van der Waals surface area contributed by atoms with Crippen LogP contribution in [0.4, 0.5) is 32.0 Å². The number of aryl methyl sites for hydroxylation is 1. The van der Waals surface area contributed by atoms with Crippen LogP contribution in [0.15, 0.2) is 47.9 Å². The molecule has 1 aliphatic rings. The lowest BCUT2D eigenvalue weighted by Gasteiger charge is -2.31. The van der Waals surface area contributed by atoms with Crippen molar-refractivity contribution in [2.24, 2.45) is 4.99 Å². The molecule has 3 rings (SSSR count). The van der Waals surface area contributed by atoms with Gasteiger partial charge in [-0.1, -0.05) is 0 Å². The molecular weight excluding hydrogens is 362 g/mol. The molecule has 0 N–H and O–H groups in total. The highest BCUT2D eigenvalue weighted by Gasteiger charge is 2.36. The summed E-state index contributed by atoms with van der Waals surface area (Å²) in [6.07, 6.45) is -4.77. The van der Waals surface area contributed by atoms with Gasteiger partial charge in [-0.3, -0.25) is 4.99 Å². The molecule has 0 saturated heterocycles. The highest BCUT2D eigenvalue weighted by molar-refractivity contribution is 5.72. The van der Waals surface area contributed by atoms with Crippen molar-refractivity contribution in [3.05, 3.63) is 59.9 Å². The van der Waals surface area contributed by atoms with Crippen molar-refractivity contribution >= 4 is 11.9 Å². The van der Waals surface area contributed by atoms with Crippen LogP contribution in [0.5, 0.6) is 0 Å². The van der Waals surface area contributed by atoms with E-state index in [-0.39, 0.29) is 5.82 Å². The van der Waals surface area contributed by atoms with Crippen LogP contribution >= 0.6 is 0 Å². The lowest BCUT2D eigenvalue weighted by atomic mass is 10.2. The fraction of sp³-hybridized carbons (Fsp3) is 0.250. The van der Waals surface area contributed by atoms with Gasteiger partial charge in [0.15, 0.2) is 5.69 Å².